The highest BCUT2D eigenvalue weighted by Crippen LogP contribution is 2.33. The zero-order valence-electron chi connectivity index (χ0n) is 31.2. The molecule has 6 heterocycles. The lowest BCUT2D eigenvalue weighted by molar-refractivity contribution is -0.0592. The van der Waals surface area contributed by atoms with Crippen molar-refractivity contribution in [1.29, 1.82) is 5.26 Å². The SMILES string of the molecule is CC1NNC2C(F)CC(NC(=O)c3ccc4c(c3)nc(CN3CCC(c5cccc(OCc6ccc(C#N)c7c6ncn7C)n5)CC3)n4C[C@@H]3CCO3)CC12. The third kappa shape index (κ3) is 7.06. The number of piperidine rings is 1. The lowest BCUT2D eigenvalue weighted by Gasteiger charge is -2.35. The van der Waals surface area contributed by atoms with Crippen LogP contribution in [0.1, 0.15) is 77.9 Å². The molecule has 4 aliphatic rings. The molecule has 55 heavy (non-hydrogen) atoms. The van der Waals surface area contributed by atoms with Crippen LogP contribution >= 0.6 is 0 Å². The number of halogens is 1. The smallest absolute Gasteiger partial charge is 0.251 e. The number of alkyl halides is 1. The summed E-state index contributed by atoms with van der Waals surface area (Å²) < 4.78 is 31.1. The maximum absolute atomic E-state index is 15.0. The molecule has 2 aromatic carbocycles. The van der Waals surface area contributed by atoms with Crippen LogP contribution < -0.4 is 20.9 Å². The lowest BCUT2D eigenvalue weighted by Crippen LogP contribution is -2.50. The molecule has 4 fully saturated rings. The second kappa shape index (κ2) is 15.0. The molecule has 9 rings (SSSR count). The summed E-state index contributed by atoms with van der Waals surface area (Å²) in [6.07, 6.45) is 4.85. The number of rotatable bonds is 10. The van der Waals surface area contributed by atoms with Gasteiger partial charge in [0.1, 0.15) is 24.7 Å². The predicted molar refractivity (Wildman–Crippen MR) is 204 cm³/mol. The number of likely N-dealkylation sites (tertiary alicyclic amines) is 1. The maximum Gasteiger partial charge on any atom is 0.251 e. The molecule has 3 aliphatic heterocycles. The number of hydrogen-bond donors (Lipinski definition) is 3. The fourth-order valence-corrected chi connectivity index (χ4v) is 8.98. The van der Waals surface area contributed by atoms with Crippen molar-refractivity contribution >= 4 is 28.0 Å². The number of carbonyl (C=O) groups is 1. The van der Waals surface area contributed by atoms with Crippen LogP contribution in [0.2, 0.25) is 0 Å². The zero-order chi connectivity index (χ0) is 37.6. The standard InChI is InChI=1S/C41H47FN10O3/c1-24-31-17-29(18-32(42)39(31)49-48-24)45-41(53)26-8-9-35-34(16-26)46-36(52(35)20-30-12-15-54-30)21-51-13-10-25(11-14-51)33-4-3-5-37(47-33)55-22-28-7-6-27(19-43)40-38(28)44-23-50(40)2/h3-9,16,23-25,29-32,39,48-49H,10-15,17-18,20-22H2,1-2H3,(H,45,53)/t24?,29?,30-,31?,32?,39?/m0/s1. The Morgan fingerprint density at radius 2 is 1.96 bits per heavy atom. The first kappa shape index (κ1) is 35.7. The van der Waals surface area contributed by atoms with Gasteiger partial charge in [-0.05, 0) is 81.9 Å². The van der Waals surface area contributed by atoms with E-state index in [1.165, 1.54) is 0 Å². The maximum atomic E-state index is 15.0. The van der Waals surface area contributed by atoms with Crippen LogP contribution in [0.4, 0.5) is 4.39 Å². The third-order valence-corrected chi connectivity index (χ3v) is 12.2. The van der Waals surface area contributed by atoms with Gasteiger partial charge in [0.15, 0.2) is 0 Å². The number of hydrazine groups is 1. The Morgan fingerprint density at radius 1 is 1.11 bits per heavy atom. The third-order valence-electron chi connectivity index (χ3n) is 12.2. The van der Waals surface area contributed by atoms with Crippen LogP contribution in [0.25, 0.3) is 22.1 Å². The van der Waals surface area contributed by atoms with E-state index in [2.05, 4.69) is 49.7 Å². The van der Waals surface area contributed by atoms with Crippen LogP contribution in [0, 0.1) is 17.2 Å². The quantitative estimate of drug-likeness (QED) is 0.185. The Morgan fingerprint density at radius 3 is 2.76 bits per heavy atom. The summed E-state index contributed by atoms with van der Waals surface area (Å²) >= 11 is 0. The minimum atomic E-state index is -1.01. The van der Waals surface area contributed by atoms with Gasteiger partial charge in [0.05, 0.1) is 59.2 Å². The second-order valence-corrected chi connectivity index (χ2v) is 15.7. The van der Waals surface area contributed by atoms with Gasteiger partial charge >= 0.3 is 0 Å². The summed E-state index contributed by atoms with van der Waals surface area (Å²) in [4.78, 5) is 30.4. The van der Waals surface area contributed by atoms with Crippen LogP contribution in [0.15, 0.2) is 54.9 Å². The van der Waals surface area contributed by atoms with Crippen molar-refractivity contribution in [3.05, 3.63) is 83.1 Å². The van der Waals surface area contributed by atoms with Gasteiger partial charge in [0, 0.05) is 61.0 Å². The normalized spacial score (nSPS) is 25.8. The Balaban J connectivity index is 0.849. The molecule has 3 N–H and O–H groups in total. The van der Waals surface area contributed by atoms with Gasteiger partial charge in [0.2, 0.25) is 5.88 Å². The van der Waals surface area contributed by atoms with E-state index in [4.69, 9.17) is 19.4 Å². The average molecular weight is 747 g/mol. The molecule has 0 spiro atoms. The van der Waals surface area contributed by atoms with Crippen LogP contribution in [-0.4, -0.2) is 85.0 Å². The molecule has 1 saturated carbocycles. The number of hydrogen-bond acceptors (Lipinski definition) is 10. The molecule has 3 saturated heterocycles. The molecule has 13 nitrogen and oxygen atoms in total. The molecule has 6 atom stereocenters. The summed E-state index contributed by atoms with van der Waals surface area (Å²) in [7, 11) is 1.89. The van der Waals surface area contributed by atoms with Crippen LogP contribution in [0.3, 0.4) is 0 Å². The topological polar surface area (TPSA) is 147 Å². The molecule has 286 valence electrons. The van der Waals surface area contributed by atoms with E-state index in [0.717, 1.165) is 91.1 Å². The zero-order valence-corrected chi connectivity index (χ0v) is 31.2. The van der Waals surface area contributed by atoms with Crippen molar-refractivity contribution in [1.82, 2.24) is 45.2 Å². The molecule has 3 aromatic heterocycles. The molecule has 14 heteroatoms. The first-order chi connectivity index (χ1) is 26.8. The van der Waals surface area contributed by atoms with Crippen molar-refractivity contribution in [3.8, 4) is 11.9 Å². The lowest BCUT2D eigenvalue weighted by atomic mass is 9.78. The summed E-state index contributed by atoms with van der Waals surface area (Å²) in [5.74, 6) is 1.80. The number of benzene rings is 2. The van der Waals surface area contributed by atoms with Crippen molar-refractivity contribution in [2.45, 2.75) is 95.0 Å². The summed E-state index contributed by atoms with van der Waals surface area (Å²) in [5.41, 5.74) is 12.7. The van der Waals surface area contributed by atoms with E-state index in [9.17, 15) is 14.4 Å². The van der Waals surface area contributed by atoms with E-state index < -0.39 is 6.17 Å². The number of nitrogens with zero attached hydrogens (tertiary/aromatic N) is 7. The van der Waals surface area contributed by atoms with Gasteiger partial charge < -0.3 is 23.9 Å². The number of ether oxygens (including phenoxy) is 2. The predicted octanol–water partition coefficient (Wildman–Crippen LogP) is 4.65. The minimum absolute atomic E-state index is 0.134. The first-order valence-electron chi connectivity index (χ1n) is 19.5. The van der Waals surface area contributed by atoms with Gasteiger partial charge in [-0.15, -0.1) is 0 Å². The minimum Gasteiger partial charge on any atom is -0.473 e. The number of nitrogens with one attached hydrogen (secondary N) is 3. The monoisotopic (exact) mass is 746 g/mol. The van der Waals surface area contributed by atoms with Crippen molar-refractivity contribution < 1.29 is 18.7 Å². The molecule has 0 radical (unpaired) electrons. The second-order valence-electron chi connectivity index (χ2n) is 15.7. The molecule has 5 aromatic rings. The van der Waals surface area contributed by atoms with Crippen molar-refractivity contribution in [2.75, 3.05) is 19.7 Å². The van der Waals surface area contributed by atoms with E-state index in [1.807, 2.05) is 54.1 Å². The van der Waals surface area contributed by atoms with E-state index in [0.29, 0.717) is 42.5 Å². The number of fused-ring (bicyclic) bond motifs is 3. The van der Waals surface area contributed by atoms with Gasteiger partial charge in [0.25, 0.3) is 5.91 Å². The first-order valence-corrected chi connectivity index (χ1v) is 19.5. The number of nitriles is 1. The molecule has 1 amide bonds. The summed E-state index contributed by atoms with van der Waals surface area (Å²) in [6, 6.07) is 17.4. The number of imidazole rings is 2. The molecular formula is C41H47FN10O3. The van der Waals surface area contributed by atoms with E-state index in [1.54, 1.807) is 6.33 Å². The van der Waals surface area contributed by atoms with Gasteiger partial charge in [-0.1, -0.05) is 12.1 Å². The van der Waals surface area contributed by atoms with Gasteiger partial charge in [-0.3, -0.25) is 20.5 Å². The Bertz CT molecular complexity index is 2250. The van der Waals surface area contributed by atoms with Crippen LogP contribution in [0.5, 0.6) is 5.88 Å². The van der Waals surface area contributed by atoms with Crippen molar-refractivity contribution in [2.24, 2.45) is 13.0 Å². The number of pyridine rings is 1. The molecule has 1 aliphatic carbocycles. The largest absolute Gasteiger partial charge is 0.473 e. The highest BCUT2D eigenvalue weighted by molar-refractivity contribution is 5.97. The molecular weight excluding hydrogens is 700 g/mol. The van der Waals surface area contributed by atoms with Gasteiger partial charge in [-0.25, -0.2) is 19.3 Å². The molecule has 0 bridgehead atoms. The van der Waals surface area contributed by atoms with Crippen molar-refractivity contribution in [3.63, 3.8) is 0 Å². The number of amides is 1. The highest BCUT2D eigenvalue weighted by Gasteiger charge is 2.44. The fraction of sp³-hybridized carbons (Fsp3) is 0.488. The molecule has 5 unspecified atom stereocenters. The number of aromatic nitrogens is 5. The van der Waals surface area contributed by atoms with Crippen LogP contribution in [-0.2, 0) is 31.5 Å². The number of carbonyl (C=O) groups excluding carboxylic acids is 1. The Hall–Kier alpha value is -4.94. The van der Waals surface area contributed by atoms with Gasteiger partial charge in [-0.2, -0.15) is 5.26 Å². The Kier molecular flexibility index (Phi) is 9.72. The highest BCUT2D eigenvalue weighted by atomic mass is 19.1. The summed E-state index contributed by atoms with van der Waals surface area (Å²) in [5, 5.41) is 12.7. The fourth-order valence-electron chi connectivity index (χ4n) is 8.98. The number of aryl methyl sites for hydroxylation is 1. The van der Waals surface area contributed by atoms with E-state index >= 15 is 0 Å². The summed E-state index contributed by atoms with van der Waals surface area (Å²) in [6.45, 7) is 6.37. The average Bonchev–Trinajstić information content (AvgIpc) is 3.86. The Labute approximate surface area is 319 Å². The van der Waals surface area contributed by atoms with E-state index in [-0.39, 0.29) is 36.1 Å².